The highest BCUT2D eigenvalue weighted by Crippen LogP contribution is 2.25. The number of nitrogens with one attached hydrogen (secondary N) is 2. The van der Waals surface area contributed by atoms with Crippen LogP contribution in [0.4, 0.5) is 0 Å². The van der Waals surface area contributed by atoms with Gasteiger partial charge in [0.15, 0.2) is 0 Å². The molecule has 6 nitrogen and oxygen atoms in total. The molecule has 160 valence electrons. The van der Waals surface area contributed by atoms with Gasteiger partial charge in [-0.1, -0.05) is 43.1 Å². The van der Waals surface area contributed by atoms with Crippen molar-refractivity contribution in [2.75, 3.05) is 13.1 Å². The van der Waals surface area contributed by atoms with Crippen LogP contribution in [0.25, 0.3) is 0 Å². The Hall–Kier alpha value is -1.79. The topological polar surface area (TPSA) is 78.5 Å². The van der Waals surface area contributed by atoms with Gasteiger partial charge in [0.1, 0.15) is 6.04 Å². The van der Waals surface area contributed by atoms with E-state index < -0.39 is 11.9 Å². The van der Waals surface area contributed by atoms with Crippen LogP contribution < -0.4 is 10.6 Å². The number of nitrogens with zero attached hydrogens (tertiary/aromatic N) is 1. The van der Waals surface area contributed by atoms with Gasteiger partial charge in [0.2, 0.25) is 11.8 Å². The van der Waals surface area contributed by atoms with Crippen molar-refractivity contribution in [3.63, 3.8) is 0 Å². The number of piperidine rings is 1. The fourth-order valence-corrected chi connectivity index (χ4v) is 3.55. The quantitative estimate of drug-likeness (QED) is 0.708. The van der Waals surface area contributed by atoms with E-state index in [1.807, 2.05) is 6.92 Å². The van der Waals surface area contributed by atoms with Gasteiger partial charge in [-0.25, -0.2) is 0 Å². The van der Waals surface area contributed by atoms with Gasteiger partial charge >= 0.3 is 0 Å². The van der Waals surface area contributed by atoms with E-state index >= 15 is 0 Å². The molecule has 1 aliphatic rings. The van der Waals surface area contributed by atoms with E-state index in [0.29, 0.717) is 31.8 Å². The average molecular weight is 442 g/mol. The van der Waals surface area contributed by atoms with Gasteiger partial charge in [-0.15, -0.1) is 0 Å². The normalized spacial score (nSPS) is 17.0. The molecule has 0 saturated carbocycles. The smallest absolute Gasteiger partial charge is 0.253 e. The lowest BCUT2D eigenvalue weighted by Gasteiger charge is -2.33. The summed E-state index contributed by atoms with van der Waals surface area (Å²) in [5, 5.41) is 6.17. The number of rotatable bonds is 6. The minimum absolute atomic E-state index is 0.0512. The van der Waals surface area contributed by atoms with Gasteiger partial charge < -0.3 is 15.5 Å². The van der Waals surface area contributed by atoms with E-state index in [1.54, 1.807) is 30.0 Å². The SMILES string of the molecule is CC(NC(=O)c1cccc(Cl)c1Cl)C(=O)N1CCC(C(=O)NC(C)C(C)C)CC1. The number of carbonyl (C=O) groups is 3. The van der Waals surface area contributed by atoms with Gasteiger partial charge in [0.25, 0.3) is 5.91 Å². The number of amides is 3. The van der Waals surface area contributed by atoms with Crippen molar-refractivity contribution >= 4 is 40.9 Å². The van der Waals surface area contributed by atoms with Crippen LogP contribution in [0.1, 0.15) is 50.9 Å². The second-order valence-electron chi connectivity index (χ2n) is 7.94. The standard InChI is InChI=1S/C21H29Cl2N3O3/c1-12(2)13(3)24-19(27)15-8-10-26(11-9-15)21(29)14(4)25-20(28)16-6-5-7-17(22)18(16)23/h5-7,12-15H,8-11H2,1-4H3,(H,24,27)(H,25,28). The van der Waals surface area contributed by atoms with Crippen molar-refractivity contribution < 1.29 is 14.4 Å². The molecule has 1 aromatic carbocycles. The van der Waals surface area contributed by atoms with Crippen LogP contribution in [0.5, 0.6) is 0 Å². The van der Waals surface area contributed by atoms with Gasteiger partial charge in [0, 0.05) is 25.0 Å². The summed E-state index contributed by atoms with van der Waals surface area (Å²) >= 11 is 12.0. The Kier molecular flexibility index (Phi) is 8.34. The molecule has 1 aliphatic heterocycles. The fraction of sp³-hybridized carbons (Fsp3) is 0.571. The van der Waals surface area contributed by atoms with E-state index in [-0.39, 0.29) is 39.4 Å². The number of hydrogen-bond donors (Lipinski definition) is 2. The molecule has 0 aliphatic carbocycles. The van der Waals surface area contributed by atoms with Gasteiger partial charge in [-0.3, -0.25) is 14.4 Å². The third kappa shape index (κ3) is 6.09. The third-order valence-electron chi connectivity index (χ3n) is 5.46. The Morgan fingerprint density at radius 3 is 2.24 bits per heavy atom. The average Bonchev–Trinajstić information content (AvgIpc) is 2.69. The molecule has 3 amide bonds. The zero-order valence-electron chi connectivity index (χ0n) is 17.3. The van der Waals surface area contributed by atoms with Gasteiger partial charge in [-0.2, -0.15) is 0 Å². The Labute approximate surface area is 182 Å². The van der Waals surface area contributed by atoms with E-state index in [9.17, 15) is 14.4 Å². The van der Waals surface area contributed by atoms with Crippen LogP contribution in [-0.2, 0) is 9.59 Å². The van der Waals surface area contributed by atoms with Crippen LogP contribution in [0.15, 0.2) is 18.2 Å². The Bertz CT molecular complexity index is 762. The summed E-state index contributed by atoms with van der Waals surface area (Å²) < 4.78 is 0. The number of halogens is 2. The lowest BCUT2D eigenvalue weighted by Crippen LogP contribution is -2.51. The zero-order valence-corrected chi connectivity index (χ0v) is 18.8. The Morgan fingerprint density at radius 2 is 1.66 bits per heavy atom. The molecule has 0 aromatic heterocycles. The molecule has 0 radical (unpaired) electrons. The van der Waals surface area contributed by atoms with Crippen molar-refractivity contribution in [1.82, 2.24) is 15.5 Å². The van der Waals surface area contributed by atoms with Crippen molar-refractivity contribution in [2.24, 2.45) is 11.8 Å². The van der Waals surface area contributed by atoms with Crippen LogP contribution in [0.3, 0.4) is 0 Å². The van der Waals surface area contributed by atoms with Crippen LogP contribution in [0.2, 0.25) is 10.0 Å². The van der Waals surface area contributed by atoms with E-state index in [1.165, 1.54) is 0 Å². The first-order chi connectivity index (χ1) is 13.6. The summed E-state index contributed by atoms with van der Waals surface area (Å²) in [6, 6.07) is 4.20. The molecule has 2 atom stereocenters. The van der Waals surface area contributed by atoms with Crippen molar-refractivity contribution in [3.05, 3.63) is 33.8 Å². The zero-order chi connectivity index (χ0) is 21.7. The maximum Gasteiger partial charge on any atom is 0.253 e. The molecule has 1 aromatic rings. The molecule has 29 heavy (non-hydrogen) atoms. The predicted octanol–water partition coefficient (Wildman–Crippen LogP) is 3.51. The number of hydrogen-bond acceptors (Lipinski definition) is 3. The van der Waals surface area contributed by atoms with Crippen LogP contribution in [-0.4, -0.2) is 47.8 Å². The van der Waals surface area contributed by atoms with Crippen LogP contribution in [0, 0.1) is 11.8 Å². The molecule has 2 unspecified atom stereocenters. The molecular weight excluding hydrogens is 413 g/mol. The van der Waals surface area contributed by atoms with Crippen molar-refractivity contribution in [3.8, 4) is 0 Å². The van der Waals surface area contributed by atoms with Crippen molar-refractivity contribution in [2.45, 2.75) is 52.6 Å². The monoisotopic (exact) mass is 441 g/mol. The molecule has 0 spiro atoms. The summed E-state index contributed by atoms with van der Waals surface area (Å²) in [7, 11) is 0. The summed E-state index contributed by atoms with van der Waals surface area (Å²) in [6.07, 6.45) is 1.23. The van der Waals surface area contributed by atoms with Crippen LogP contribution >= 0.6 is 23.2 Å². The Morgan fingerprint density at radius 1 is 1.03 bits per heavy atom. The second-order valence-corrected chi connectivity index (χ2v) is 8.72. The molecule has 1 saturated heterocycles. The molecule has 8 heteroatoms. The lowest BCUT2D eigenvalue weighted by atomic mass is 9.94. The van der Waals surface area contributed by atoms with Gasteiger partial charge in [0.05, 0.1) is 15.6 Å². The summed E-state index contributed by atoms with van der Waals surface area (Å²) in [5.74, 6) is -0.287. The molecule has 1 heterocycles. The van der Waals surface area contributed by atoms with Crippen molar-refractivity contribution in [1.29, 1.82) is 0 Å². The highest BCUT2D eigenvalue weighted by molar-refractivity contribution is 6.43. The fourth-order valence-electron chi connectivity index (χ4n) is 3.16. The number of carbonyl (C=O) groups excluding carboxylic acids is 3. The largest absolute Gasteiger partial charge is 0.353 e. The summed E-state index contributed by atoms with van der Waals surface area (Å²) in [6.45, 7) is 8.76. The lowest BCUT2D eigenvalue weighted by molar-refractivity contribution is -0.137. The Balaban J connectivity index is 1.87. The first kappa shape index (κ1) is 23.5. The van der Waals surface area contributed by atoms with E-state index in [4.69, 9.17) is 23.2 Å². The minimum atomic E-state index is -0.705. The second kappa shape index (κ2) is 10.3. The molecule has 2 rings (SSSR count). The molecule has 2 N–H and O–H groups in total. The van der Waals surface area contributed by atoms with E-state index in [2.05, 4.69) is 24.5 Å². The molecular formula is C21H29Cl2N3O3. The minimum Gasteiger partial charge on any atom is -0.353 e. The first-order valence-corrected chi connectivity index (χ1v) is 10.7. The highest BCUT2D eigenvalue weighted by atomic mass is 35.5. The number of benzene rings is 1. The highest BCUT2D eigenvalue weighted by Gasteiger charge is 2.30. The van der Waals surface area contributed by atoms with Gasteiger partial charge in [-0.05, 0) is 44.7 Å². The maximum atomic E-state index is 12.7. The molecule has 1 fully saturated rings. The molecule has 0 bridgehead atoms. The predicted molar refractivity (Wildman–Crippen MR) is 115 cm³/mol. The number of likely N-dealkylation sites (tertiary alicyclic amines) is 1. The maximum absolute atomic E-state index is 12.7. The first-order valence-electron chi connectivity index (χ1n) is 9.95. The summed E-state index contributed by atoms with van der Waals surface area (Å²) in [5.41, 5.74) is 0.230. The third-order valence-corrected chi connectivity index (χ3v) is 6.28. The van der Waals surface area contributed by atoms with E-state index in [0.717, 1.165) is 0 Å². The summed E-state index contributed by atoms with van der Waals surface area (Å²) in [4.78, 5) is 39.2.